The summed E-state index contributed by atoms with van der Waals surface area (Å²) in [5, 5.41) is 4.52. The van der Waals surface area contributed by atoms with Gasteiger partial charge in [0.25, 0.3) is 0 Å². The summed E-state index contributed by atoms with van der Waals surface area (Å²) in [4.78, 5) is 14.7. The smallest absolute Gasteiger partial charge is 0.177 e. The lowest BCUT2D eigenvalue weighted by molar-refractivity contribution is 0.215. The Balaban J connectivity index is 1.70. The van der Waals surface area contributed by atoms with E-state index in [9.17, 15) is 0 Å². The Morgan fingerprint density at radius 1 is 1.24 bits per heavy atom. The molecule has 0 spiro atoms. The summed E-state index contributed by atoms with van der Waals surface area (Å²) in [6.45, 7) is 2.23. The highest BCUT2D eigenvalue weighted by molar-refractivity contribution is 5.75. The largest absolute Gasteiger partial charge is 0.334 e. The van der Waals surface area contributed by atoms with Gasteiger partial charge in [-0.25, -0.2) is 9.67 Å². The maximum Gasteiger partial charge on any atom is 0.177 e. The molecule has 6 nitrogen and oxygen atoms in total. The van der Waals surface area contributed by atoms with E-state index in [2.05, 4.69) is 31.7 Å². The molecule has 1 saturated heterocycles. The van der Waals surface area contributed by atoms with Crippen molar-refractivity contribution in [2.24, 2.45) is 0 Å². The lowest BCUT2D eigenvalue weighted by Gasteiger charge is -2.28. The molecule has 0 radical (unpaired) electrons. The predicted octanol–water partition coefficient (Wildman–Crippen LogP) is 2.09. The van der Waals surface area contributed by atoms with Crippen LogP contribution in [0.4, 0.5) is 0 Å². The van der Waals surface area contributed by atoms with Gasteiger partial charge in [0.2, 0.25) is 0 Å². The number of imidazole rings is 1. The summed E-state index contributed by atoms with van der Waals surface area (Å²) in [6, 6.07) is 6.29. The second-order valence-electron chi connectivity index (χ2n) is 5.66. The highest BCUT2D eigenvalue weighted by Gasteiger charge is 2.22. The highest BCUT2D eigenvalue weighted by Crippen LogP contribution is 2.26. The van der Waals surface area contributed by atoms with E-state index in [1.807, 2.05) is 24.4 Å². The van der Waals surface area contributed by atoms with Crippen molar-refractivity contribution >= 4 is 11.2 Å². The van der Waals surface area contributed by atoms with E-state index >= 15 is 0 Å². The fraction of sp³-hybridized carbons (Fsp3) is 0.400. The zero-order valence-electron chi connectivity index (χ0n) is 12.0. The van der Waals surface area contributed by atoms with E-state index < -0.39 is 0 Å². The van der Waals surface area contributed by atoms with Gasteiger partial charge in [0.15, 0.2) is 11.5 Å². The van der Waals surface area contributed by atoms with Crippen molar-refractivity contribution in [1.82, 2.24) is 29.6 Å². The number of nitrogens with zero attached hydrogens (tertiary/aromatic N) is 5. The van der Waals surface area contributed by atoms with Gasteiger partial charge in [-0.2, -0.15) is 5.10 Å². The molecule has 6 heteroatoms. The van der Waals surface area contributed by atoms with Crippen molar-refractivity contribution in [3.05, 3.63) is 30.6 Å². The second-order valence-corrected chi connectivity index (χ2v) is 5.66. The van der Waals surface area contributed by atoms with Crippen molar-refractivity contribution < 1.29 is 0 Å². The first kappa shape index (κ1) is 12.5. The number of rotatable bonds is 2. The van der Waals surface area contributed by atoms with Crippen molar-refractivity contribution in [3.8, 4) is 11.5 Å². The molecule has 0 aliphatic carbocycles. The third kappa shape index (κ3) is 2.21. The van der Waals surface area contributed by atoms with Gasteiger partial charge in [0.05, 0.1) is 12.2 Å². The molecule has 1 fully saturated rings. The summed E-state index contributed by atoms with van der Waals surface area (Å²) in [5.74, 6) is 0.810. The molecule has 0 atom stereocenters. The molecule has 4 heterocycles. The maximum atomic E-state index is 4.71. The van der Waals surface area contributed by atoms with Crippen LogP contribution in [0, 0.1) is 0 Å². The van der Waals surface area contributed by atoms with Gasteiger partial charge in [-0.3, -0.25) is 4.98 Å². The molecule has 0 saturated carbocycles. The molecular formula is C15H18N6. The molecular weight excluding hydrogens is 264 g/mol. The zero-order chi connectivity index (χ0) is 14.2. The van der Waals surface area contributed by atoms with Gasteiger partial charge in [-0.15, -0.1) is 0 Å². The third-order valence-electron chi connectivity index (χ3n) is 4.18. The number of nitrogens with one attached hydrogen (secondary N) is 1. The normalized spacial score (nSPS) is 17.6. The van der Waals surface area contributed by atoms with Crippen molar-refractivity contribution in [2.45, 2.75) is 18.9 Å². The molecule has 0 bridgehead atoms. The van der Waals surface area contributed by atoms with Gasteiger partial charge in [0, 0.05) is 6.20 Å². The molecule has 1 aliphatic rings. The first-order chi connectivity index (χ1) is 10.3. The van der Waals surface area contributed by atoms with Crippen LogP contribution in [0.25, 0.3) is 22.7 Å². The van der Waals surface area contributed by atoms with Gasteiger partial charge in [-0.05, 0) is 45.1 Å². The van der Waals surface area contributed by atoms with E-state index in [1.165, 1.54) is 0 Å². The van der Waals surface area contributed by atoms with Crippen molar-refractivity contribution in [3.63, 3.8) is 0 Å². The minimum absolute atomic E-state index is 0.443. The Morgan fingerprint density at radius 2 is 2.10 bits per heavy atom. The Kier molecular flexibility index (Phi) is 2.96. The Labute approximate surface area is 122 Å². The first-order valence-electron chi connectivity index (χ1n) is 7.34. The van der Waals surface area contributed by atoms with Crippen molar-refractivity contribution in [1.29, 1.82) is 0 Å². The lowest BCUT2D eigenvalue weighted by Crippen LogP contribution is -2.31. The number of likely N-dealkylation sites (tertiary alicyclic amines) is 1. The topological polar surface area (TPSA) is 62.6 Å². The van der Waals surface area contributed by atoms with Crippen LogP contribution in [-0.2, 0) is 0 Å². The van der Waals surface area contributed by atoms with E-state index in [0.717, 1.165) is 48.6 Å². The van der Waals surface area contributed by atoms with E-state index in [-0.39, 0.29) is 0 Å². The van der Waals surface area contributed by atoms with Crippen LogP contribution in [0.15, 0.2) is 30.6 Å². The SMILES string of the molecule is CN1CCC(n2ncc3[nH]c(-c4ccccn4)nc32)CC1. The van der Waals surface area contributed by atoms with Crippen LogP contribution < -0.4 is 0 Å². The number of pyridine rings is 1. The predicted molar refractivity (Wildman–Crippen MR) is 80.9 cm³/mol. The summed E-state index contributed by atoms with van der Waals surface area (Å²) >= 11 is 0. The standard InChI is InChI=1S/C15H18N6/c1-20-8-5-11(6-9-20)21-15-13(10-17-21)18-14(19-15)12-4-2-3-7-16-12/h2-4,7,10-11H,5-6,8-9H2,1H3,(H,18,19). The number of hydrogen-bond acceptors (Lipinski definition) is 4. The summed E-state index contributed by atoms with van der Waals surface area (Å²) in [6.07, 6.45) is 5.90. The monoisotopic (exact) mass is 282 g/mol. The van der Waals surface area contributed by atoms with E-state index in [1.54, 1.807) is 6.20 Å². The molecule has 108 valence electrons. The Hall–Kier alpha value is -2.21. The fourth-order valence-electron chi connectivity index (χ4n) is 2.95. The molecule has 3 aromatic rings. The number of hydrogen-bond donors (Lipinski definition) is 1. The minimum atomic E-state index is 0.443. The number of piperidine rings is 1. The second kappa shape index (κ2) is 4.96. The number of fused-ring (bicyclic) bond motifs is 1. The fourth-order valence-corrected chi connectivity index (χ4v) is 2.95. The number of H-pyrrole nitrogens is 1. The number of aromatic amines is 1. The zero-order valence-corrected chi connectivity index (χ0v) is 12.0. The lowest BCUT2D eigenvalue weighted by atomic mass is 10.1. The number of aromatic nitrogens is 5. The van der Waals surface area contributed by atoms with Gasteiger partial charge < -0.3 is 9.88 Å². The third-order valence-corrected chi connectivity index (χ3v) is 4.18. The van der Waals surface area contributed by atoms with Gasteiger partial charge in [-0.1, -0.05) is 6.07 Å². The molecule has 3 aromatic heterocycles. The molecule has 0 aromatic carbocycles. The Bertz CT molecular complexity index is 736. The highest BCUT2D eigenvalue weighted by atomic mass is 15.3. The summed E-state index contributed by atoms with van der Waals surface area (Å²) < 4.78 is 2.07. The maximum absolute atomic E-state index is 4.71. The average Bonchev–Trinajstić information content (AvgIpc) is 3.09. The molecule has 4 rings (SSSR count). The van der Waals surface area contributed by atoms with E-state index in [0.29, 0.717) is 6.04 Å². The van der Waals surface area contributed by atoms with E-state index in [4.69, 9.17) is 4.98 Å². The molecule has 0 unspecified atom stereocenters. The molecule has 1 aliphatic heterocycles. The summed E-state index contributed by atoms with van der Waals surface area (Å²) in [5.41, 5.74) is 2.78. The van der Waals surface area contributed by atoms with Crippen LogP contribution in [0.3, 0.4) is 0 Å². The molecule has 21 heavy (non-hydrogen) atoms. The minimum Gasteiger partial charge on any atom is -0.334 e. The van der Waals surface area contributed by atoms with Gasteiger partial charge >= 0.3 is 0 Å². The quantitative estimate of drug-likeness (QED) is 0.781. The molecule has 1 N–H and O–H groups in total. The average molecular weight is 282 g/mol. The summed E-state index contributed by atoms with van der Waals surface area (Å²) in [7, 11) is 2.17. The van der Waals surface area contributed by atoms with Crippen LogP contribution in [0.5, 0.6) is 0 Å². The van der Waals surface area contributed by atoms with Gasteiger partial charge in [0.1, 0.15) is 11.2 Å². The molecule has 0 amide bonds. The van der Waals surface area contributed by atoms with Crippen LogP contribution >= 0.6 is 0 Å². The van der Waals surface area contributed by atoms with Crippen LogP contribution in [0.1, 0.15) is 18.9 Å². The first-order valence-corrected chi connectivity index (χ1v) is 7.34. The van der Waals surface area contributed by atoms with Crippen LogP contribution in [0.2, 0.25) is 0 Å². The van der Waals surface area contributed by atoms with Crippen molar-refractivity contribution in [2.75, 3.05) is 20.1 Å². The van der Waals surface area contributed by atoms with Crippen LogP contribution in [-0.4, -0.2) is 49.8 Å². The Morgan fingerprint density at radius 3 is 2.86 bits per heavy atom.